The van der Waals surface area contributed by atoms with Crippen molar-refractivity contribution in [1.29, 1.82) is 0 Å². The molecule has 20 aromatic rings. The first-order valence-corrected chi connectivity index (χ1v) is 39.3. The zero-order valence-corrected chi connectivity index (χ0v) is 73.2. The Morgan fingerprint density at radius 3 is 0.944 bits per heavy atom. The number of aryl methyl sites for hydroxylation is 3. The summed E-state index contributed by atoms with van der Waals surface area (Å²) in [5, 5.41) is 19.7. The molecule has 12 aromatic heterocycles. The molecule has 20 rings (SSSR count). The minimum atomic E-state index is -0.469. The van der Waals surface area contributed by atoms with E-state index in [9.17, 15) is 28.0 Å². The van der Waals surface area contributed by atoms with Gasteiger partial charge >= 0.3 is 0 Å². The van der Waals surface area contributed by atoms with Crippen LogP contribution in [0.15, 0.2) is 276 Å². The minimum absolute atomic E-state index is 0. The third-order valence-corrected chi connectivity index (χ3v) is 21.5. The molecule has 0 radical (unpaired) electrons. The van der Waals surface area contributed by atoms with Gasteiger partial charge in [-0.05, 0) is 178 Å². The summed E-state index contributed by atoms with van der Waals surface area (Å²) in [6.07, 6.45) is 12.1. The molecular formula is C91H83ClF2N24O4S4. The Hall–Kier alpha value is -14.5. The number of halogens is 3. The second-order valence-electron chi connectivity index (χ2n) is 29.0. The highest BCUT2D eigenvalue weighted by Crippen LogP contribution is 2.34. The van der Waals surface area contributed by atoms with Crippen LogP contribution in [0.4, 0.5) is 32.1 Å². The van der Waals surface area contributed by atoms with E-state index in [2.05, 4.69) is 107 Å². The maximum Gasteiger partial charge on any atom is 0.264 e. The van der Waals surface area contributed by atoms with E-state index in [1.165, 1.54) is 48.1 Å². The normalized spacial score (nSPS) is 12.0. The largest absolute Gasteiger partial charge is 0.360 e. The van der Waals surface area contributed by atoms with Crippen molar-refractivity contribution in [1.82, 2.24) is 98.0 Å². The zero-order chi connectivity index (χ0) is 84.4. The predicted octanol–water partition coefficient (Wildman–Crippen LogP) is 17.6. The van der Waals surface area contributed by atoms with Crippen LogP contribution in [0, 0.1) is 32.4 Å². The summed E-state index contributed by atoms with van der Waals surface area (Å²) < 4.78 is 34.9. The summed E-state index contributed by atoms with van der Waals surface area (Å²) >= 11 is 6.38. The van der Waals surface area contributed by atoms with Gasteiger partial charge in [0.05, 0.1) is 81.7 Å². The molecule has 636 valence electrons. The molecule has 12 heterocycles. The second kappa shape index (κ2) is 38.5. The van der Waals surface area contributed by atoms with Gasteiger partial charge in [0, 0.05) is 39.8 Å². The molecule has 0 aliphatic carbocycles. The fourth-order valence-corrected chi connectivity index (χ4v) is 15.6. The first kappa shape index (κ1) is 89.3. The van der Waals surface area contributed by atoms with E-state index in [1.54, 1.807) is 75.4 Å². The highest BCUT2D eigenvalue weighted by Gasteiger charge is 2.26. The third kappa shape index (κ3) is 17.6. The lowest BCUT2D eigenvalue weighted by molar-refractivity contribution is 0.611. The maximum atomic E-state index is 14.8. The third-order valence-electron chi connectivity index (χ3n) is 21.2. The van der Waals surface area contributed by atoms with Gasteiger partial charge in [0.2, 0.25) is 0 Å². The number of para-hydroxylation sites is 3. The van der Waals surface area contributed by atoms with Crippen LogP contribution in [0.2, 0.25) is 5.02 Å². The topological polar surface area (TPSA) is 354 Å². The van der Waals surface area contributed by atoms with Gasteiger partial charge in [0.1, 0.15) is 59.0 Å². The molecule has 8 N–H and O–H groups in total. The average Bonchev–Trinajstić information content (AvgIpc) is 1.06. The van der Waals surface area contributed by atoms with E-state index in [-0.39, 0.29) is 112 Å². The van der Waals surface area contributed by atoms with Crippen molar-refractivity contribution in [3.05, 3.63) is 354 Å². The molecule has 0 unspecified atom stereocenters. The number of nitrogens with zero attached hydrogens (tertiary/aromatic N) is 16. The number of hydrogen-bond donors (Lipinski definition) is 8. The number of anilines is 4. The Balaban J connectivity index is 0.000000142. The van der Waals surface area contributed by atoms with Gasteiger partial charge in [-0.15, -0.1) is 0 Å². The molecule has 0 spiro atoms. The predicted molar refractivity (Wildman–Crippen MR) is 514 cm³/mol. The van der Waals surface area contributed by atoms with Gasteiger partial charge in [-0.3, -0.25) is 37.4 Å². The SMILES string of the molecule is C[C@H](Nc1ncnc2nc[nH]c12)c1cc2cccc(Cl)c2c(=O)n1-c1ccccc1.Cc1cccc2cc([C@H](C)Nc3ncnc4nc[nH]c34)n(-c3ccc(F)cc3)c(=O)c12.Cc1cccc2cc([C@H](C)Nc3ncnc4nc[nH]c34)n(-c3ccccc3)c(=O)c12.Cc1cccc2cc([C@H](C)Nc3ncnc4nc[nH]c34)n(-c3ccccc3F)c(=O)c12.S.S.S.S. The van der Waals surface area contributed by atoms with Crippen LogP contribution >= 0.6 is 65.6 Å². The molecule has 4 atom stereocenters. The van der Waals surface area contributed by atoms with E-state index >= 15 is 0 Å². The highest BCUT2D eigenvalue weighted by atomic mass is 35.5. The summed E-state index contributed by atoms with van der Waals surface area (Å²) in [6.45, 7) is 13.6. The lowest BCUT2D eigenvalue weighted by Crippen LogP contribution is -2.26. The number of hydrogen-bond acceptors (Lipinski definition) is 20. The number of fused-ring (bicyclic) bond motifs is 8. The van der Waals surface area contributed by atoms with Crippen LogP contribution in [-0.4, -0.2) is 98.0 Å². The molecular weight excluding hydrogens is 1690 g/mol. The van der Waals surface area contributed by atoms with Crippen LogP contribution in [0.3, 0.4) is 0 Å². The Morgan fingerprint density at radius 1 is 0.317 bits per heavy atom. The number of benzene rings is 8. The quantitative estimate of drug-likeness (QED) is 0.0445. The number of aromatic amines is 4. The minimum Gasteiger partial charge on any atom is -0.360 e. The van der Waals surface area contributed by atoms with Gasteiger partial charge in [-0.2, -0.15) is 54.0 Å². The molecule has 35 heteroatoms. The first-order valence-electron chi connectivity index (χ1n) is 38.9. The van der Waals surface area contributed by atoms with Gasteiger partial charge in [-0.1, -0.05) is 127 Å². The van der Waals surface area contributed by atoms with Crippen molar-refractivity contribution < 1.29 is 8.78 Å². The molecule has 8 aromatic carbocycles. The Kier molecular flexibility index (Phi) is 27.3. The van der Waals surface area contributed by atoms with Gasteiger partial charge < -0.3 is 41.2 Å². The smallest absolute Gasteiger partial charge is 0.264 e. The average molecular weight is 1780 g/mol. The number of pyridine rings is 4. The van der Waals surface area contributed by atoms with E-state index in [0.29, 0.717) is 95.0 Å². The first-order chi connectivity index (χ1) is 59.3. The number of H-pyrrole nitrogens is 4. The van der Waals surface area contributed by atoms with Crippen LogP contribution < -0.4 is 43.5 Å². The molecule has 0 bridgehead atoms. The number of nitrogens with one attached hydrogen (secondary N) is 8. The zero-order valence-electron chi connectivity index (χ0n) is 68.5. The van der Waals surface area contributed by atoms with Crippen LogP contribution in [0.5, 0.6) is 0 Å². The number of rotatable bonds is 16. The summed E-state index contributed by atoms with van der Waals surface area (Å²) in [6, 6.07) is 61.1. The Morgan fingerprint density at radius 2 is 0.603 bits per heavy atom. The highest BCUT2D eigenvalue weighted by molar-refractivity contribution is 7.59. The standard InChI is InChI=1S/2C23H19FN6O.C23H20N6O.C22H17ClN6O.4H2S/c1-13-6-5-7-15-10-18(14(2)29-22-20-21(26-11-25-20)27-12-28-22)30(23(31)19(13)15)17-9-4-3-8-16(17)24;1-13-4-3-5-15-10-18(14(2)29-22-20-21(26-11-25-20)27-12-28-22)30(23(31)19(13)15)17-8-6-16(24)7-9-17;1-14-7-6-8-16-11-18(29(23(30)19(14)16)17-9-4-3-5-10-17)15(2)28-22-20-21(25-12-24-20)26-13-27-22;1-13(28-21-19-20(25-11-24-19)26-12-27-21)17-10-14-6-5-9-16(23)18(14)22(30)29(17)15-7-3-2-4-8-15;;;;/h2*3-12,14H,1-2H3,(H2,25,26,27,28,29);3-13,15H,1-2H3,(H2,24,25,26,27,28);2-13H,1H3,(H2,24,25,26,27,28);4*1H2/t2*14-;15-;13-;;;;/m0000..../s1. The van der Waals surface area contributed by atoms with E-state index in [1.807, 2.05) is 194 Å². The van der Waals surface area contributed by atoms with E-state index in [4.69, 9.17) is 11.6 Å². The Bertz CT molecular complexity index is 7410. The Labute approximate surface area is 749 Å². The molecule has 28 nitrogen and oxygen atoms in total. The maximum absolute atomic E-state index is 14.8. The second-order valence-corrected chi connectivity index (χ2v) is 29.4. The lowest BCUT2D eigenvalue weighted by atomic mass is 10.0. The van der Waals surface area contributed by atoms with Crippen molar-refractivity contribution in [3.63, 3.8) is 0 Å². The van der Waals surface area contributed by atoms with Gasteiger partial charge in [-0.25, -0.2) is 68.6 Å². The number of imidazole rings is 4. The van der Waals surface area contributed by atoms with Crippen molar-refractivity contribution >= 4 is 177 Å². The fourth-order valence-electron chi connectivity index (χ4n) is 15.3. The molecule has 0 aliphatic rings. The van der Waals surface area contributed by atoms with Crippen molar-refractivity contribution in [2.75, 3.05) is 21.3 Å². The fraction of sp³-hybridized carbons (Fsp3) is 0.121. The molecule has 0 saturated carbocycles. The molecule has 0 amide bonds. The molecule has 0 aliphatic heterocycles. The summed E-state index contributed by atoms with van der Waals surface area (Å²) in [5.74, 6) is 1.56. The summed E-state index contributed by atoms with van der Waals surface area (Å²) in [5.41, 5.74) is 12.5. The monoisotopic (exact) mass is 1780 g/mol. The van der Waals surface area contributed by atoms with Crippen molar-refractivity contribution in [3.8, 4) is 22.7 Å². The van der Waals surface area contributed by atoms with Crippen LogP contribution in [0.25, 0.3) is 110 Å². The molecule has 0 saturated heterocycles. The van der Waals surface area contributed by atoms with Crippen LogP contribution in [-0.2, 0) is 0 Å². The lowest BCUT2D eigenvalue weighted by Gasteiger charge is -2.22. The summed E-state index contributed by atoms with van der Waals surface area (Å²) in [7, 11) is 0. The van der Waals surface area contributed by atoms with Gasteiger partial charge in [0.15, 0.2) is 45.9 Å². The van der Waals surface area contributed by atoms with E-state index in [0.717, 1.165) is 77.6 Å². The van der Waals surface area contributed by atoms with Crippen molar-refractivity contribution in [2.24, 2.45) is 0 Å². The van der Waals surface area contributed by atoms with Gasteiger partial charge in [0.25, 0.3) is 22.2 Å². The number of aromatic nitrogens is 20. The van der Waals surface area contributed by atoms with E-state index < -0.39 is 5.82 Å². The van der Waals surface area contributed by atoms with Crippen LogP contribution in [0.1, 0.15) is 91.3 Å². The van der Waals surface area contributed by atoms with Crippen molar-refractivity contribution in [2.45, 2.75) is 72.6 Å². The molecule has 0 fully saturated rings. The summed E-state index contributed by atoms with van der Waals surface area (Å²) in [4.78, 5) is 117. The molecule has 126 heavy (non-hydrogen) atoms.